The first kappa shape index (κ1) is 20.6. The quantitative estimate of drug-likeness (QED) is 0.458. The van der Waals surface area contributed by atoms with Gasteiger partial charge < -0.3 is 4.74 Å². The van der Waals surface area contributed by atoms with Gasteiger partial charge in [0, 0.05) is 0 Å². The van der Waals surface area contributed by atoms with Crippen LogP contribution in [0.5, 0.6) is 0 Å². The van der Waals surface area contributed by atoms with Gasteiger partial charge in [0.1, 0.15) is 0 Å². The Morgan fingerprint density at radius 2 is 1.52 bits per heavy atom. The highest BCUT2D eigenvalue weighted by molar-refractivity contribution is 5.78. The lowest BCUT2D eigenvalue weighted by Crippen LogP contribution is -2.15. The first-order chi connectivity index (χ1) is 13.9. The largest absolute Gasteiger partial charge is 0.469 e. The molecule has 5 heteroatoms. The van der Waals surface area contributed by atoms with E-state index in [0.717, 1.165) is 17.2 Å². The Hall–Kier alpha value is -3.08. The average molecular weight is 398 g/mol. The van der Waals surface area contributed by atoms with E-state index in [1.165, 1.54) is 19.2 Å². The molecule has 0 saturated carbocycles. The molecule has 0 aliphatic rings. The maximum absolute atomic E-state index is 13.3. The Bertz CT molecular complexity index is 948. The third-order valence-electron chi connectivity index (χ3n) is 4.91. The topological polar surface area (TPSA) is 26.3 Å². The van der Waals surface area contributed by atoms with E-state index >= 15 is 0 Å². The number of esters is 1. The second-order valence-electron chi connectivity index (χ2n) is 6.77. The van der Waals surface area contributed by atoms with Crippen molar-refractivity contribution in [3.8, 4) is 11.1 Å². The standard InChI is InChI=1S/C24H21F3O2/c1-29-23(28)21(16-11-17-7-3-2-4-8-17)19-14-12-18(13-15-19)20-9-5-6-10-22(20)24(25,26)27/h2-10,12-15,21H,11,16H2,1H3. The van der Waals surface area contributed by atoms with E-state index in [4.69, 9.17) is 4.74 Å². The van der Waals surface area contributed by atoms with Crippen LogP contribution in [0.2, 0.25) is 0 Å². The summed E-state index contributed by atoms with van der Waals surface area (Å²) < 4.78 is 44.8. The lowest BCUT2D eigenvalue weighted by Gasteiger charge is -2.17. The third kappa shape index (κ3) is 5.05. The first-order valence-electron chi connectivity index (χ1n) is 9.28. The lowest BCUT2D eigenvalue weighted by molar-refractivity contribution is -0.142. The molecule has 150 valence electrons. The minimum absolute atomic E-state index is 0.116. The molecule has 0 saturated heterocycles. The van der Waals surface area contributed by atoms with E-state index in [0.29, 0.717) is 18.4 Å². The molecule has 0 aliphatic heterocycles. The molecule has 3 rings (SSSR count). The molecule has 0 N–H and O–H groups in total. The van der Waals surface area contributed by atoms with E-state index < -0.39 is 17.7 Å². The number of aryl methyl sites for hydroxylation is 1. The van der Waals surface area contributed by atoms with Crippen LogP contribution in [0.25, 0.3) is 11.1 Å². The summed E-state index contributed by atoms with van der Waals surface area (Å²) in [5, 5.41) is 0. The highest BCUT2D eigenvalue weighted by atomic mass is 19.4. The minimum atomic E-state index is -4.43. The number of methoxy groups -OCH3 is 1. The number of ether oxygens (including phenoxy) is 1. The highest BCUT2D eigenvalue weighted by Gasteiger charge is 2.33. The van der Waals surface area contributed by atoms with Crippen LogP contribution in [0.3, 0.4) is 0 Å². The van der Waals surface area contributed by atoms with Crippen LogP contribution in [0.15, 0.2) is 78.9 Å². The number of alkyl halides is 3. The van der Waals surface area contributed by atoms with Crippen molar-refractivity contribution in [3.05, 3.63) is 95.6 Å². The number of benzene rings is 3. The normalized spacial score (nSPS) is 12.4. The molecule has 29 heavy (non-hydrogen) atoms. The van der Waals surface area contributed by atoms with Gasteiger partial charge in [-0.05, 0) is 41.2 Å². The molecule has 0 heterocycles. The fourth-order valence-electron chi connectivity index (χ4n) is 3.40. The van der Waals surface area contributed by atoms with E-state index in [9.17, 15) is 18.0 Å². The summed E-state index contributed by atoms with van der Waals surface area (Å²) >= 11 is 0. The maximum atomic E-state index is 13.3. The zero-order valence-corrected chi connectivity index (χ0v) is 15.9. The molecule has 0 aliphatic carbocycles. The van der Waals surface area contributed by atoms with Gasteiger partial charge in [0.2, 0.25) is 0 Å². The molecular weight excluding hydrogens is 377 g/mol. The Morgan fingerprint density at radius 1 is 0.897 bits per heavy atom. The van der Waals surface area contributed by atoms with Crippen LogP contribution in [-0.2, 0) is 22.1 Å². The molecule has 0 amide bonds. The van der Waals surface area contributed by atoms with Crippen LogP contribution in [0, 0.1) is 0 Å². The maximum Gasteiger partial charge on any atom is 0.417 e. The van der Waals surface area contributed by atoms with Crippen molar-refractivity contribution in [2.45, 2.75) is 24.9 Å². The Kier molecular flexibility index (Phi) is 6.37. The summed E-state index contributed by atoms with van der Waals surface area (Å²) in [6.07, 6.45) is -3.19. The van der Waals surface area contributed by atoms with Crippen molar-refractivity contribution in [1.29, 1.82) is 0 Å². The minimum Gasteiger partial charge on any atom is -0.469 e. The molecule has 0 spiro atoms. The van der Waals surface area contributed by atoms with E-state index in [-0.39, 0.29) is 11.5 Å². The molecule has 0 bridgehead atoms. The van der Waals surface area contributed by atoms with E-state index in [1.807, 2.05) is 30.3 Å². The van der Waals surface area contributed by atoms with Gasteiger partial charge in [-0.25, -0.2) is 0 Å². The molecule has 1 atom stereocenters. The molecule has 3 aromatic carbocycles. The summed E-state index contributed by atoms with van der Waals surface area (Å²) in [6.45, 7) is 0. The zero-order valence-electron chi connectivity index (χ0n) is 15.9. The van der Waals surface area contributed by atoms with Crippen molar-refractivity contribution < 1.29 is 22.7 Å². The van der Waals surface area contributed by atoms with Crippen LogP contribution >= 0.6 is 0 Å². The second-order valence-corrected chi connectivity index (χ2v) is 6.77. The van der Waals surface area contributed by atoms with Crippen molar-refractivity contribution in [2.24, 2.45) is 0 Å². The molecule has 0 fully saturated rings. The van der Waals surface area contributed by atoms with Gasteiger partial charge in [-0.1, -0.05) is 72.8 Å². The van der Waals surface area contributed by atoms with Crippen molar-refractivity contribution in [3.63, 3.8) is 0 Å². The molecule has 1 unspecified atom stereocenters. The lowest BCUT2D eigenvalue weighted by atomic mass is 9.90. The monoisotopic (exact) mass is 398 g/mol. The summed E-state index contributed by atoms with van der Waals surface area (Å²) in [4.78, 5) is 12.3. The summed E-state index contributed by atoms with van der Waals surface area (Å²) in [7, 11) is 1.34. The fourth-order valence-corrected chi connectivity index (χ4v) is 3.40. The molecule has 0 radical (unpaired) electrons. The molecule has 0 aromatic heterocycles. The van der Waals surface area contributed by atoms with Crippen molar-refractivity contribution in [2.75, 3.05) is 7.11 Å². The van der Waals surface area contributed by atoms with Gasteiger partial charge in [0.05, 0.1) is 18.6 Å². The van der Waals surface area contributed by atoms with Crippen LogP contribution in [0.1, 0.15) is 29.0 Å². The van der Waals surface area contributed by atoms with Crippen molar-refractivity contribution in [1.82, 2.24) is 0 Å². The molecule has 2 nitrogen and oxygen atoms in total. The highest BCUT2D eigenvalue weighted by Crippen LogP contribution is 2.37. The third-order valence-corrected chi connectivity index (χ3v) is 4.91. The van der Waals surface area contributed by atoms with Gasteiger partial charge in [-0.15, -0.1) is 0 Å². The van der Waals surface area contributed by atoms with Crippen LogP contribution < -0.4 is 0 Å². The second kappa shape index (κ2) is 8.95. The molecule has 3 aromatic rings. The van der Waals surface area contributed by atoms with E-state index in [2.05, 4.69) is 0 Å². The summed E-state index contributed by atoms with van der Waals surface area (Å²) in [5.41, 5.74) is 1.72. The Labute approximate surface area is 168 Å². The number of carbonyl (C=O) groups excluding carboxylic acids is 1. The molecular formula is C24H21F3O2. The fraction of sp³-hybridized carbons (Fsp3) is 0.208. The number of carbonyl (C=O) groups is 1. The van der Waals surface area contributed by atoms with Crippen LogP contribution in [0.4, 0.5) is 13.2 Å². The predicted molar refractivity (Wildman–Crippen MR) is 106 cm³/mol. The van der Waals surface area contributed by atoms with Crippen molar-refractivity contribution >= 4 is 5.97 Å². The van der Waals surface area contributed by atoms with E-state index in [1.54, 1.807) is 30.3 Å². The van der Waals surface area contributed by atoms with Gasteiger partial charge in [0.15, 0.2) is 0 Å². The zero-order chi connectivity index (χ0) is 20.9. The van der Waals surface area contributed by atoms with Gasteiger partial charge >= 0.3 is 12.1 Å². The predicted octanol–water partition coefficient (Wildman–Crippen LogP) is 6.26. The van der Waals surface area contributed by atoms with Crippen LogP contribution in [-0.4, -0.2) is 13.1 Å². The first-order valence-corrected chi connectivity index (χ1v) is 9.28. The smallest absolute Gasteiger partial charge is 0.417 e. The number of rotatable bonds is 6. The summed E-state index contributed by atoms with van der Waals surface area (Å²) in [6, 6.07) is 21.9. The Balaban J connectivity index is 1.86. The number of hydrogen-bond donors (Lipinski definition) is 0. The number of hydrogen-bond acceptors (Lipinski definition) is 2. The summed E-state index contributed by atoms with van der Waals surface area (Å²) in [5.74, 6) is -0.837. The number of halogens is 3. The Morgan fingerprint density at radius 3 is 2.14 bits per heavy atom. The average Bonchev–Trinajstić information content (AvgIpc) is 2.74. The SMILES string of the molecule is COC(=O)C(CCc1ccccc1)c1ccc(-c2ccccc2C(F)(F)F)cc1. The van der Waals surface area contributed by atoms with Gasteiger partial charge in [0.25, 0.3) is 0 Å². The van der Waals surface area contributed by atoms with Gasteiger partial charge in [-0.2, -0.15) is 13.2 Å². The van der Waals surface area contributed by atoms with Gasteiger partial charge in [-0.3, -0.25) is 4.79 Å².